The first-order chi connectivity index (χ1) is 9.77. The van der Waals surface area contributed by atoms with Crippen molar-refractivity contribution in [2.24, 2.45) is 11.8 Å². The van der Waals surface area contributed by atoms with Crippen LogP contribution in [0, 0.1) is 11.8 Å². The summed E-state index contributed by atoms with van der Waals surface area (Å²) in [6.45, 7) is 6.76. The van der Waals surface area contributed by atoms with Gasteiger partial charge in [0.05, 0.1) is 0 Å². The Morgan fingerprint density at radius 3 is 2.67 bits per heavy atom. The SMILES string of the molecule is CNc1ncc(Br)cc1S(=O)(=O)N1CC(C)CC(C)C1C. The maximum Gasteiger partial charge on any atom is 0.247 e. The third-order valence-corrected chi connectivity index (χ3v) is 6.59. The molecule has 1 aromatic rings. The zero-order valence-electron chi connectivity index (χ0n) is 12.8. The maximum atomic E-state index is 13.0. The minimum atomic E-state index is -3.56. The average molecular weight is 376 g/mol. The Kier molecular flexibility index (Phi) is 4.95. The Hall–Kier alpha value is -0.660. The lowest BCUT2D eigenvalue weighted by molar-refractivity contribution is 0.157. The van der Waals surface area contributed by atoms with Gasteiger partial charge in [-0.05, 0) is 47.2 Å². The lowest BCUT2D eigenvalue weighted by atomic mass is 9.88. The van der Waals surface area contributed by atoms with Crippen LogP contribution < -0.4 is 5.32 Å². The van der Waals surface area contributed by atoms with Crippen molar-refractivity contribution in [3.8, 4) is 0 Å². The minimum Gasteiger partial charge on any atom is -0.372 e. The highest BCUT2D eigenvalue weighted by atomic mass is 79.9. The largest absolute Gasteiger partial charge is 0.372 e. The maximum absolute atomic E-state index is 13.0. The van der Waals surface area contributed by atoms with Gasteiger partial charge in [-0.25, -0.2) is 13.4 Å². The van der Waals surface area contributed by atoms with Crippen molar-refractivity contribution in [1.29, 1.82) is 0 Å². The molecule has 21 heavy (non-hydrogen) atoms. The lowest BCUT2D eigenvalue weighted by Gasteiger charge is -2.40. The molecule has 3 atom stereocenters. The summed E-state index contributed by atoms with van der Waals surface area (Å²) in [5.41, 5.74) is 0. The van der Waals surface area contributed by atoms with Gasteiger partial charge >= 0.3 is 0 Å². The van der Waals surface area contributed by atoms with Crippen LogP contribution in [0.3, 0.4) is 0 Å². The fourth-order valence-electron chi connectivity index (χ4n) is 2.91. The van der Waals surface area contributed by atoms with E-state index in [1.54, 1.807) is 23.6 Å². The monoisotopic (exact) mass is 375 g/mol. The van der Waals surface area contributed by atoms with Gasteiger partial charge in [0, 0.05) is 30.3 Å². The van der Waals surface area contributed by atoms with Crippen LogP contribution in [0.5, 0.6) is 0 Å². The van der Waals surface area contributed by atoms with E-state index >= 15 is 0 Å². The standard InChI is InChI=1S/C14H22BrN3O2S/c1-9-5-10(2)11(3)18(8-9)21(19,20)13-6-12(15)7-17-14(13)16-4/h6-7,9-11H,5,8H2,1-4H3,(H,16,17). The summed E-state index contributed by atoms with van der Waals surface area (Å²) in [7, 11) is -1.88. The van der Waals surface area contributed by atoms with E-state index in [0.29, 0.717) is 28.7 Å². The average Bonchev–Trinajstić information content (AvgIpc) is 2.42. The highest BCUT2D eigenvalue weighted by molar-refractivity contribution is 9.10. The van der Waals surface area contributed by atoms with E-state index in [1.165, 1.54) is 0 Å². The van der Waals surface area contributed by atoms with Gasteiger partial charge in [0.15, 0.2) is 0 Å². The Balaban J connectivity index is 2.48. The molecule has 118 valence electrons. The van der Waals surface area contributed by atoms with E-state index in [2.05, 4.69) is 40.1 Å². The van der Waals surface area contributed by atoms with Crippen LogP contribution >= 0.6 is 15.9 Å². The van der Waals surface area contributed by atoms with Crippen LogP contribution in [0.2, 0.25) is 0 Å². The number of anilines is 1. The highest BCUT2D eigenvalue weighted by Gasteiger charge is 2.38. The molecule has 3 unspecified atom stereocenters. The molecule has 0 radical (unpaired) electrons. The zero-order valence-corrected chi connectivity index (χ0v) is 15.2. The van der Waals surface area contributed by atoms with Gasteiger partial charge in [-0.3, -0.25) is 0 Å². The van der Waals surface area contributed by atoms with Gasteiger partial charge in [0.2, 0.25) is 10.0 Å². The van der Waals surface area contributed by atoms with Crippen LogP contribution in [0.4, 0.5) is 5.82 Å². The number of aromatic nitrogens is 1. The molecule has 0 spiro atoms. The van der Waals surface area contributed by atoms with E-state index in [-0.39, 0.29) is 10.9 Å². The van der Waals surface area contributed by atoms with Gasteiger partial charge in [-0.2, -0.15) is 4.31 Å². The van der Waals surface area contributed by atoms with Crippen molar-refractivity contribution in [1.82, 2.24) is 9.29 Å². The molecule has 5 nitrogen and oxygen atoms in total. The molecule has 1 aliphatic rings. The first kappa shape index (κ1) is 16.7. The van der Waals surface area contributed by atoms with Gasteiger partial charge in [-0.1, -0.05) is 13.8 Å². The predicted molar refractivity (Wildman–Crippen MR) is 87.8 cm³/mol. The van der Waals surface area contributed by atoms with Crippen molar-refractivity contribution < 1.29 is 8.42 Å². The number of nitrogens with zero attached hydrogens (tertiary/aromatic N) is 2. The number of piperidine rings is 1. The van der Waals surface area contributed by atoms with E-state index in [0.717, 1.165) is 6.42 Å². The summed E-state index contributed by atoms with van der Waals surface area (Å²) in [5.74, 6) is 1.10. The molecule has 1 saturated heterocycles. The summed E-state index contributed by atoms with van der Waals surface area (Å²) in [4.78, 5) is 4.39. The topological polar surface area (TPSA) is 62.3 Å². The fourth-order valence-corrected chi connectivity index (χ4v) is 5.42. The summed E-state index contributed by atoms with van der Waals surface area (Å²) < 4.78 is 28.4. The second-order valence-electron chi connectivity index (χ2n) is 5.88. The molecule has 0 amide bonds. The predicted octanol–water partition coefficient (Wildman–Crippen LogP) is 2.94. The number of pyridine rings is 1. The first-order valence-corrected chi connectivity index (χ1v) is 9.35. The minimum absolute atomic E-state index is 0.00473. The number of rotatable bonds is 3. The Labute approximate surface area is 135 Å². The van der Waals surface area contributed by atoms with Crippen molar-refractivity contribution in [2.75, 3.05) is 18.9 Å². The lowest BCUT2D eigenvalue weighted by Crippen LogP contribution is -2.48. The van der Waals surface area contributed by atoms with E-state index in [1.807, 2.05) is 6.92 Å². The smallest absolute Gasteiger partial charge is 0.247 e. The van der Waals surface area contributed by atoms with Crippen LogP contribution in [-0.2, 0) is 10.0 Å². The van der Waals surface area contributed by atoms with Crippen LogP contribution in [0.25, 0.3) is 0 Å². The van der Waals surface area contributed by atoms with Crippen molar-refractivity contribution in [3.63, 3.8) is 0 Å². The van der Waals surface area contributed by atoms with E-state index < -0.39 is 10.0 Å². The molecule has 2 rings (SSSR count). The van der Waals surface area contributed by atoms with E-state index in [4.69, 9.17) is 0 Å². The summed E-state index contributed by atoms with van der Waals surface area (Å²) in [6.07, 6.45) is 2.65. The highest BCUT2D eigenvalue weighted by Crippen LogP contribution is 2.34. The Morgan fingerprint density at radius 2 is 2.05 bits per heavy atom. The molecule has 1 aliphatic heterocycles. The van der Waals surface area contributed by atoms with Crippen molar-refractivity contribution >= 4 is 31.8 Å². The molecular formula is C14H22BrN3O2S. The number of sulfonamides is 1. The van der Waals surface area contributed by atoms with Crippen molar-refractivity contribution in [2.45, 2.75) is 38.1 Å². The van der Waals surface area contributed by atoms with Gasteiger partial charge in [0.1, 0.15) is 10.7 Å². The zero-order chi connectivity index (χ0) is 15.8. The first-order valence-electron chi connectivity index (χ1n) is 7.12. The molecule has 7 heteroatoms. The number of hydrogen-bond donors (Lipinski definition) is 1. The molecule has 0 bridgehead atoms. The molecule has 1 fully saturated rings. The molecule has 0 saturated carbocycles. The van der Waals surface area contributed by atoms with E-state index in [9.17, 15) is 8.42 Å². The third-order valence-electron chi connectivity index (χ3n) is 4.19. The number of nitrogens with one attached hydrogen (secondary N) is 1. The second-order valence-corrected chi connectivity index (χ2v) is 8.66. The molecule has 0 aromatic carbocycles. The number of halogens is 1. The normalized spacial score (nSPS) is 27.6. The molecule has 0 aliphatic carbocycles. The Morgan fingerprint density at radius 1 is 1.38 bits per heavy atom. The Bertz CT molecular complexity index is 621. The molecule has 1 N–H and O–H groups in total. The summed E-state index contributed by atoms with van der Waals surface area (Å²) in [6, 6.07) is 1.61. The summed E-state index contributed by atoms with van der Waals surface area (Å²) >= 11 is 3.31. The third kappa shape index (κ3) is 3.24. The molecule has 2 heterocycles. The number of hydrogen-bond acceptors (Lipinski definition) is 4. The van der Waals surface area contributed by atoms with Crippen molar-refractivity contribution in [3.05, 3.63) is 16.7 Å². The quantitative estimate of drug-likeness (QED) is 0.881. The van der Waals surface area contributed by atoms with Gasteiger partial charge < -0.3 is 5.32 Å². The molecular weight excluding hydrogens is 354 g/mol. The second kappa shape index (κ2) is 6.22. The van der Waals surface area contributed by atoms with Crippen LogP contribution in [0.15, 0.2) is 21.6 Å². The van der Waals surface area contributed by atoms with Crippen LogP contribution in [-0.4, -0.2) is 37.3 Å². The van der Waals surface area contributed by atoms with Gasteiger partial charge in [0.25, 0.3) is 0 Å². The summed E-state index contributed by atoms with van der Waals surface area (Å²) in [5, 5.41) is 2.87. The van der Waals surface area contributed by atoms with Crippen LogP contribution in [0.1, 0.15) is 27.2 Å². The fraction of sp³-hybridized carbons (Fsp3) is 0.643. The molecule has 1 aromatic heterocycles. The van der Waals surface area contributed by atoms with Gasteiger partial charge in [-0.15, -0.1) is 0 Å².